The Labute approximate surface area is 116 Å². The van der Waals surface area contributed by atoms with Crippen LogP contribution < -0.4 is 9.46 Å². The molecule has 114 valence electrons. The summed E-state index contributed by atoms with van der Waals surface area (Å²) >= 11 is 0. The van der Waals surface area contributed by atoms with Crippen LogP contribution in [0.4, 0.5) is 13.2 Å². The van der Waals surface area contributed by atoms with Crippen LogP contribution in [0.1, 0.15) is 26.2 Å². The van der Waals surface area contributed by atoms with Gasteiger partial charge in [0.1, 0.15) is 10.6 Å². The number of halogens is 3. The van der Waals surface area contributed by atoms with Crippen LogP contribution in [-0.2, 0) is 10.0 Å². The number of para-hydroxylation sites is 1. The molecule has 1 aromatic rings. The number of benzene rings is 1. The predicted octanol–water partition coefficient (Wildman–Crippen LogP) is 3.05. The first-order valence-corrected chi connectivity index (χ1v) is 7.59. The van der Waals surface area contributed by atoms with Crippen LogP contribution in [0.25, 0.3) is 0 Å². The average molecular weight is 311 g/mol. The lowest BCUT2D eigenvalue weighted by atomic mass is 10.3. The fraction of sp³-hybridized carbons (Fsp3) is 0.500. The van der Waals surface area contributed by atoms with E-state index in [1.165, 1.54) is 12.1 Å². The molecule has 0 unspecified atom stereocenters. The van der Waals surface area contributed by atoms with Gasteiger partial charge in [0, 0.05) is 6.54 Å². The second-order valence-corrected chi connectivity index (χ2v) is 5.83. The standard InChI is InChI=1S/C12H16F3NO3S/c1-2-3-6-9-16-20(17,18)11-8-5-4-7-10(11)19-12(13,14)15/h4-5,7-8,16H,2-3,6,9H2,1H3. The molecule has 8 heteroatoms. The van der Waals surface area contributed by atoms with E-state index in [2.05, 4.69) is 9.46 Å². The van der Waals surface area contributed by atoms with Gasteiger partial charge in [0.25, 0.3) is 0 Å². The number of hydrogen-bond acceptors (Lipinski definition) is 3. The van der Waals surface area contributed by atoms with Gasteiger partial charge in [-0.2, -0.15) is 0 Å². The third-order valence-electron chi connectivity index (χ3n) is 2.44. The van der Waals surface area contributed by atoms with Crippen LogP contribution >= 0.6 is 0 Å². The van der Waals surface area contributed by atoms with E-state index in [9.17, 15) is 21.6 Å². The minimum atomic E-state index is -4.94. The number of unbranched alkanes of at least 4 members (excludes halogenated alkanes) is 2. The maximum atomic E-state index is 12.2. The van der Waals surface area contributed by atoms with E-state index in [4.69, 9.17) is 0 Å². The molecule has 0 aliphatic rings. The molecule has 0 atom stereocenters. The molecule has 1 rings (SSSR count). The van der Waals surface area contributed by atoms with Crippen LogP contribution in [0.2, 0.25) is 0 Å². The van der Waals surface area contributed by atoms with Crippen LogP contribution in [0.3, 0.4) is 0 Å². The molecule has 0 aliphatic heterocycles. The Kier molecular flexibility index (Phi) is 5.82. The first-order chi connectivity index (χ1) is 9.26. The zero-order valence-electron chi connectivity index (χ0n) is 10.9. The number of alkyl halides is 3. The van der Waals surface area contributed by atoms with Crippen molar-refractivity contribution in [3.05, 3.63) is 24.3 Å². The van der Waals surface area contributed by atoms with Crippen molar-refractivity contribution in [1.29, 1.82) is 0 Å². The van der Waals surface area contributed by atoms with Gasteiger partial charge in [0.2, 0.25) is 10.0 Å². The third-order valence-corrected chi connectivity index (χ3v) is 3.94. The highest BCUT2D eigenvalue weighted by Crippen LogP contribution is 2.29. The normalized spacial score (nSPS) is 12.4. The van der Waals surface area contributed by atoms with Crippen molar-refractivity contribution < 1.29 is 26.3 Å². The summed E-state index contributed by atoms with van der Waals surface area (Å²) in [5, 5.41) is 0. The molecule has 0 amide bonds. The van der Waals surface area contributed by atoms with Gasteiger partial charge in [-0.15, -0.1) is 13.2 Å². The Morgan fingerprint density at radius 1 is 1.20 bits per heavy atom. The van der Waals surface area contributed by atoms with E-state index >= 15 is 0 Å². The molecule has 4 nitrogen and oxygen atoms in total. The lowest BCUT2D eigenvalue weighted by Crippen LogP contribution is -2.26. The average Bonchev–Trinajstić information content (AvgIpc) is 2.33. The van der Waals surface area contributed by atoms with E-state index in [0.29, 0.717) is 6.42 Å². The zero-order valence-corrected chi connectivity index (χ0v) is 11.7. The Hall–Kier alpha value is -1.28. The minimum absolute atomic E-state index is 0.177. The number of ether oxygens (including phenoxy) is 1. The molecule has 0 radical (unpaired) electrons. The highest BCUT2D eigenvalue weighted by atomic mass is 32.2. The smallest absolute Gasteiger partial charge is 0.404 e. The molecule has 0 saturated carbocycles. The van der Waals surface area contributed by atoms with Gasteiger partial charge in [0.05, 0.1) is 0 Å². The summed E-state index contributed by atoms with van der Waals surface area (Å²) in [6.45, 7) is 2.14. The summed E-state index contributed by atoms with van der Waals surface area (Å²) < 4.78 is 66.5. The van der Waals surface area contributed by atoms with Gasteiger partial charge >= 0.3 is 6.36 Å². The molecule has 0 aromatic heterocycles. The van der Waals surface area contributed by atoms with Crippen molar-refractivity contribution >= 4 is 10.0 Å². The minimum Gasteiger partial charge on any atom is -0.404 e. The second kappa shape index (κ2) is 6.94. The maximum Gasteiger partial charge on any atom is 0.573 e. The molecule has 0 aliphatic carbocycles. The first-order valence-electron chi connectivity index (χ1n) is 6.10. The number of rotatable bonds is 7. The van der Waals surface area contributed by atoms with E-state index in [-0.39, 0.29) is 6.54 Å². The van der Waals surface area contributed by atoms with Gasteiger partial charge < -0.3 is 4.74 Å². The molecule has 20 heavy (non-hydrogen) atoms. The highest BCUT2D eigenvalue weighted by Gasteiger charge is 2.33. The molecule has 0 fully saturated rings. The van der Waals surface area contributed by atoms with E-state index in [0.717, 1.165) is 25.0 Å². The third kappa shape index (κ3) is 5.38. The van der Waals surface area contributed by atoms with E-state index in [1.54, 1.807) is 0 Å². The molecule has 1 N–H and O–H groups in total. The van der Waals surface area contributed by atoms with Crippen LogP contribution in [0.15, 0.2) is 29.2 Å². The molecular formula is C12H16F3NO3S. The predicted molar refractivity (Wildman–Crippen MR) is 67.8 cm³/mol. The lowest BCUT2D eigenvalue weighted by molar-refractivity contribution is -0.275. The first kappa shape index (κ1) is 16.8. The van der Waals surface area contributed by atoms with Crippen molar-refractivity contribution in [3.63, 3.8) is 0 Å². The summed E-state index contributed by atoms with van der Waals surface area (Å²) in [6.07, 6.45) is -2.56. The fourth-order valence-corrected chi connectivity index (χ4v) is 2.74. The lowest BCUT2D eigenvalue weighted by Gasteiger charge is -2.13. The summed E-state index contributed by atoms with van der Waals surface area (Å²) in [4.78, 5) is -0.520. The Bertz CT molecular complexity index is 529. The van der Waals surface area contributed by atoms with Gasteiger partial charge in [-0.3, -0.25) is 0 Å². The van der Waals surface area contributed by atoms with Crippen molar-refractivity contribution in [1.82, 2.24) is 4.72 Å². The van der Waals surface area contributed by atoms with E-state index in [1.807, 2.05) is 6.92 Å². The second-order valence-electron chi connectivity index (χ2n) is 4.10. The number of nitrogens with one attached hydrogen (secondary N) is 1. The maximum absolute atomic E-state index is 12.2. The van der Waals surface area contributed by atoms with E-state index < -0.39 is 27.0 Å². The Morgan fingerprint density at radius 3 is 2.45 bits per heavy atom. The summed E-state index contributed by atoms with van der Waals surface area (Å²) in [5.74, 6) is -0.733. The fourth-order valence-electron chi connectivity index (χ4n) is 1.54. The Balaban J connectivity index is 2.89. The molecular weight excluding hydrogens is 295 g/mol. The number of hydrogen-bond donors (Lipinski definition) is 1. The van der Waals surface area contributed by atoms with Crippen LogP contribution in [0, 0.1) is 0 Å². The van der Waals surface area contributed by atoms with Crippen molar-refractivity contribution in [2.75, 3.05) is 6.54 Å². The topological polar surface area (TPSA) is 55.4 Å². The van der Waals surface area contributed by atoms with Crippen LogP contribution in [-0.4, -0.2) is 21.3 Å². The molecule has 0 saturated heterocycles. The highest BCUT2D eigenvalue weighted by molar-refractivity contribution is 7.89. The summed E-state index contributed by atoms with van der Waals surface area (Å²) in [5.41, 5.74) is 0. The van der Waals surface area contributed by atoms with Gasteiger partial charge in [-0.1, -0.05) is 31.9 Å². The largest absolute Gasteiger partial charge is 0.573 e. The van der Waals surface area contributed by atoms with Crippen LogP contribution in [0.5, 0.6) is 5.75 Å². The van der Waals surface area contributed by atoms with Crippen molar-refractivity contribution in [2.24, 2.45) is 0 Å². The monoisotopic (exact) mass is 311 g/mol. The molecule has 0 bridgehead atoms. The van der Waals surface area contributed by atoms with Gasteiger partial charge in [-0.25, -0.2) is 13.1 Å². The molecule has 0 heterocycles. The van der Waals surface area contributed by atoms with Gasteiger partial charge in [0.15, 0.2) is 0 Å². The summed E-state index contributed by atoms with van der Waals surface area (Å²) in [6, 6.07) is 4.65. The molecule has 1 aromatic carbocycles. The van der Waals surface area contributed by atoms with Crippen molar-refractivity contribution in [3.8, 4) is 5.75 Å². The Morgan fingerprint density at radius 2 is 1.85 bits per heavy atom. The zero-order chi connectivity index (χ0) is 15.2. The summed E-state index contributed by atoms with van der Waals surface area (Å²) in [7, 11) is -4.02. The van der Waals surface area contributed by atoms with Gasteiger partial charge in [-0.05, 0) is 18.6 Å². The van der Waals surface area contributed by atoms with Crippen molar-refractivity contribution in [2.45, 2.75) is 37.4 Å². The molecule has 0 spiro atoms. The number of sulfonamides is 1. The quantitative estimate of drug-likeness (QED) is 0.787. The SMILES string of the molecule is CCCCCNS(=O)(=O)c1ccccc1OC(F)(F)F.